The summed E-state index contributed by atoms with van der Waals surface area (Å²) >= 11 is 1.53. The van der Waals surface area contributed by atoms with Crippen LogP contribution in [0.2, 0.25) is 0 Å². The quantitative estimate of drug-likeness (QED) is 0.375. The molecule has 17 heavy (non-hydrogen) atoms. The molecule has 0 saturated heterocycles. The van der Waals surface area contributed by atoms with Crippen molar-refractivity contribution < 1.29 is 9.94 Å². The number of amidine groups is 1. The van der Waals surface area contributed by atoms with Gasteiger partial charge in [-0.15, -0.1) is 11.3 Å². The second kappa shape index (κ2) is 5.31. The highest BCUT2D eigenvalue weighted by Crippen LogP contribution is 2.16. The molecule has 1 aromatic heterocycles. The molecule has 0 bridgehead atoms. The van der Waals surface area contributed by atoms with E-state index in [9.17, 15) is 0 Å². The molecule has 0 unspecified atom stereocenters. The molecule has 2 rings (SSSR count). The van der Waals surface area contributed by atoms with Crippen molar-refractivity contribution in [3.05, 3.63) is 46.4 Å². The lowest BCUT2D eigenvalue weighted by atomic mass is 10.2. The Morgan fingerprint density at radius 2 is 2.41 bits per heavy atom. The van der Waals surface area contributed by atoms with E-state index in [1.54, 1.807) is 29.9 Å². The molecule has 1 aromatic carbocycles. The summed E-state index contributed by atoms with van der Waals surface area (Å²) in [4.78, 5) is 5.00. The highest BCUT2D eigenvalue weighted by molar-refractivity contribution is 7.09. The van der Waals surface area contributed by atoms with Crippen molar-refractivity contribution in [3.63, 3.8) is 0 Å². The van der Waals surface area contributed by atoms with Crippen molar-refractivity contribution in [1.82, 2.24) is 4.98 Å². The molecule has 0 atom stereocenters. The van der Waals surface area contributed by atoms with Crippen LogP contribution in [-0.4, -0.2) is 16.0 Å². The van der Waals surface area contributed by atoms with Crippen LogP contribution in [0.15, 0.2) is 41.1 Å². The molecule has 0 amide bonds. The number of nitrogens with zero attached hydrogens (tertiary/aromatic N) is 2. The van der Waals surface area contributed by atoms with Gasteiger partial charge in [-0.2, -0.15) is 0 Å². The van der Waals surface area contributed by atoms with Crippen LogP contribution in [0.4, 0.5) is 0 Å². The molecule has 6 heteroatoms. The second-order valence-electron chi connectivity index (χ2n) is 3.27. The summed E-state index contributed by atoms with van der Waals surface area (Å²) in [6.45, 7) is 0.463. The van der Waals surface area contributed by atoms with E-state index in [-0.39, 0.29) is 5.84 Å². The fourth-order valence-electron chi connectivity index (χ4n) is 1.27. The standard InChI is InChI=1S/C11H11N3O2S/c12-11(14-15)8-2-1-3-9(4-8)16-6-10-5-13-7-17-10/h1-5,7,15H,6H2,(H2,12,14). The molecule has 0 aliphatic carbocycles. The summed E-state index contributed by atoms with van der Waals surface area (Å²) in [7, 11) is 0. The zero-order chi connectivity index (χ0) is 12.1. The summed E-state index contributed by atoms with van der Waals surface area (Å²) in [5.41, 5.74) is 7.87. The third-order valence-corrected chi connectivity index (χ3v) is 2.86. The average Bonchev–Trinajstić information content (AvgIpc) is 2.89. The van der Waals surface area contributed by atoms with Crippen LogP contribution in [0.5, 0.6) is 5.75 Å². The average molecular weight is 249 g/mol. The minimum Gasteiger partial charge on any atom is -0.488 e. The van der Waals surface area contributed by atoms with Crippen LogP contribution in [0.25, 0.3) is 0 Å². The second-order valence-corrected chi connectivity index (χ2v) is 4.24. The van der Waals surface area contributed by atoms with Crippen molar-refractivity contribution >= 4 is 17.2 Å². The van der Waals surface area contributed by atoms with E-state index in [1.807, 2.05) is 6.07 Å². The van der Waals surface area contributed by atoms with Crippen molar-refractivity contribution in [2.45, 2.75) is 6.61 Å². The summed E-state index contributed by atoms with van der Waals surface area (Å²) in [5.74, 6) is 0.732. The van der Waals surface area contributed by atoms with E-state index in [4.69, 9.17) is 15.7 Å². The van der Waals surface area contributed by atoms with Crippen LogP contribution in [0.3, 0.4) is 0 Å². The van der Waals surface area contributed by atoms with Gasteiger partial charge in [0.25, 0.3) is 0 Å². The fourth-order valence-corrected chi connectivity index (χ4v) is 1.78. The van der Waals surface area contributed by atoms with Gasteiger partial charge in [-0.25, -0.2) is 0 Å². The van der Waals surface area contributed by atoms with Gasteiger partial charge < -0.3 is 15.7 Å². The molecule has 2 aromatic rings. The normalized spacial score (nSPS) is 11.4. The molecule has 1 heterocycles. The number of hydrogen-bond acceptors (Lipinski definition) is 5. The van der Waals surface area contributed by atoms with E-state index in [0.29, 0.717) is 17.9 Å². The third-order valence-electron chi connectivity index (χ3n) is 2.10. The minimum absolute atomic E-state index is 0.0632. The van der Waals surface area contributed by atoms with Gasteiger partial charge in [0.15, 0.2) is 5.84 Å². The molecule has 0 saturated carbocycles. The van der Waals surface area contributed by atoms with Crippen LogP contribution < -0.4 is 10.5 Å². The van der Waals surface area contributed by atoms with Gasteiger partial charge in [-0.3, -0.25) is 4.98 Å². The van der Waals surface area contributed by atoms with Crippen LogP contribution in [0.1, 0.15) is 10.4 Å². The number of oxime groups is 1. The molecule has 0 aliphatic rings. The Bertz CT molecular complexity index is 511. The summed E-state index contributed by atoms with van der Waals surface area (Å²) in [5, 5.41) is 11.5. The zero-order valence-corrected chi connectivity index (χ0v) is 9.72. The van der Waals surface area contributed by atoms with Crippen LogP contribution in [-0.2, 0) is 6.61 Å². The highest BCUT2D eigenvalue weighted by atomic mass is 32.1. The van der Waals surface area contributed by atoms with Gasteiger partial charge >= 0.3 is 0 Å². The van der Waals surface area contributed by atoms with Gasteiger partial charge in [0.05, 0.1) is 10.4 Å². The molecule has 0 aliphatic heterocycles. The Morgan fingerprint density at radius 3 is 3.12 bits per heavy atom. The predicted octanol–water partition coefficient (Wildman–Crippen LogP) is 1.82. The molecule has 0 spiro atoms. The number of benzene rings is 1. The topological polar surface area (TPSA) is 80.7 Å². The minimum atomic E-state index is 0.0632. The monoisotopic (exact) mass is 249 g/mol. The van der Waals surface area contributed by atoms with Crippen molar-refractivity contribution in [3.8, 4) is 5.75 Å². The Balaban J connectivity index is 2.06. The number of rotatable bonds is 4. The Hall–Kier alpha value is -2.08. The summed E-state index contributed by atoms with van der Waals surface area (Å²) < 4.78 is 5.56. The number of hydrogen-bond donors (Lipinski definition) is 2. The first-order valence-electron chi connectivity index (χ1n) is 4.87. The first kappa shape index (κ1) is 11.4. The van der Waals surface area contributed by atoms with E-state index < -0.39 is 0 Å². The zero-order valence-electron chi connectivity index (χ0n) is 8.91. The Kier molecular flexibility index (Phi) is 3.56. The van der Waals surface area contributed by atoms with Gasteiger partial charge in [-0.1, -0.05) is 17.3 Å². The molecular weight excluding hydrogens is 238 g/mol. The van der Waals surface area contributed by atoms with Gasteiger partial charge in [0.2, 0.25) is 0 Å². The molecule has 0 fully saturated rings. The van der Waals surface area contributed by atoms with E-state index in [0.717, 1.165) is 4.88 Å². The summed E-state index contributed by atoms with van der Waals surface area (Å²) in [6, 6.07) is 7.06. The van der Waals surface area contributed by atoms with Crippen molar-refractivity contribution in [2.24, 2.45) is 10.9 Å². The Morgan fingerprint density at radius 1 is 1.53 bits per heavy atom. The lowest BCUT2D eigenvalue weighted by Gasteiger charge is -2.05. The molecule has 3 N–H and O–H groups in total. The number of ether oxygens (including phenoxy) is 1. The van der Waals surface area contributed by atoms with E-state index >= 15 is 0 Å². The van der Waals surface area contributed by atoms with Crippen LogP contribution in [0, 0.1) is 0 Å². The third kappa shape index (κ3) is 2.94. The van der Waals surface area contributed by atoms with Crippen molar-refractivity contribution in [1.29, 1.82) is 0 Å². The van der Waals surface area contributed by atoms with E-state index in [1.165, 1.54) is 11.3 Å². The molecule has 0 radical (unpaired) electrons. The number of nitrogens with two attached hydrogens (primary N) is 1. The maximum atomic E-state index is 8.57. The highest BCUT2D eigenvalue weighted by Gasteiger charge is 2.02. The molecule has 88 valence electrons. The largest absolute Gasteiger partial charge is 0.488 e. The smallest absolute Gasteiger partial charge is 0.170 e. The van der Waals surface area contributed by atoms with E-state index in [2.05, 4.69) is 10.1 Å². The van der Waals surface area contributed by atoms with Gasteiger partial charge in [0, 0.05) is 11.8 Å². The molecule has 5 nitrogen and oxygen atoms in total. The SMILES string of the molecule is N/C(=N/O)c1cccc(OCc2cncs2)c1. The maximum absolute atomic E-state index is 8.57. The number of thiazole rings is 1. The number of aromatic nitrogens is 1. The van der Waals surface area contributed by atoms with Crippen molar-refractivity contribution in [2.75, 3.05) is 0 Å². The van der Waals surface area contributed by atoms with Gasteiger partial charge in [0.1, 0.15) is 12.4 Å². The van der Waals surface area contributed by atoms with Gasteiger partial charge in [-0.05, 0) is 12.1 Å². The first-order chi connectivity index (χ1) is 8.29. The lowest BCUT2D eigenvalue weighted by molar-refractivity contribution is 0.309. The Labute approximate surface area is 102 Å². The predicted molar refractivity (Wildman–Crippen MR) is 65.4 cm³/mol. The fraction of sp³-hybridized carbons (Fsp3) is 0.0909. The molecular formula is C11H11N3O2S. The lowest BCUT2D eigenvalue weighted by Crippen LogP contribution is -2.12. The summed E-state index contributed by atoms with van der Waals surface area (Å²) in [6.07, 6.45) is 1.76. The van der Waals surface area contributed by atoms with Crippen LogP contribution >= 0.6 is 11.3 Å². The maximum Gasteiger partial charge on any atom is 0.170 e. The first-order valence-corrected chi connectivity index (χ1v) is 5.75.